The van der Waals surface area contributed by atoms with E-state index >= 15 is 0 Å². The lowest BCUT2D eigenvalue weighted by Crippen LogP contribution is -2.54. The Hall–Kier alpha value is -1.63. The first-order chi connectivity index (χ1) is 10.2. The van der Waals surface area contributed by atoms with E-state index in [1.165, 1.54) is 0 Å². The summed E-state index contributed by atoms with van der Waals surface area (Å²) in [7, 11) is 0. The lowest BCUT2D eigenvalue weighted by molar-refractivity contribution is -0.143. The van der Waals surface area contributed by atoms with E-state index in [1.54, 1.807) is 29.4 Å². The summed E-state index contributed by atoms with van der Waals surface area (Å²) in [6, 6.07) is -0.242. The van der Waals surface area contributed by atoms with Crippen molar-refractivity contribution >= 4 is 28.3 Å². The number of nitrogens with zero attached hydrogens (tertiary/aromatic N) is 4. The molecule has 0 N–H and O–H groups in total. The number of amides is 2. The molecular weight excluding hydrogens is 288 g/mol. The number of thiazole rings is 1. The molecule has 7 heteroatoms. The minimum Gasteiger partial charge on any atom is -0.345 e. The lowest BCUT2D eigenvalue weighted by atomic mass is 10.1. The summed E-state index contributed by atoms with van der Waals surface area (Å²) in [5.41, 5.74) is 0. The van der Waals surface area contributed by atoms with E-state index in [-0.39, 0.29) is 17.9 Å². The molecule has 2 fully saturated rings. The Morgan fingerprint density at radius 2 is 2.00 bits per heavy atom. The number of anilines is 1. The van der Waals surface area contributed by atoms with Crippen LogP contribution in [-0.4, -0.2) is 65.4 Å². The predicted octanol–water partition coefficient (Wildman–Crippen LogP) is 0.803. The van der Waals surface area contributed by atoms with Crippen LogP contribution in [0.5, 0.6) is 0 Å². The molecule has 0 aliphatic carbocycles. The Kier molecular flexibility index (Phi) is 4.10. The van der Waals surface area contributed by atoms with Crippen molar-refractivity contribution in [3.8, 4) is 0 Å². The molecule has 2 amide bonds. The summed E-state index contributed by atoms with van der Waals surface area (Å²) in [6.45, 7) is 5.30. The van der Waals surface area contributed by atoms with Gasteiger partial charge in [-0.25, -0.2) is 4.98 Å². The maximum atomic E-state index is 12.6. The van der Waals surface area contributed by atoms with E-state index in [0.717, 1.165) is 31.1 Å². The number of rotatable bonds is 2. The number of hydrogen-bond donors (Lipinski definition) is 0. The molecule has 0 radical (unpaired) electrons. The van der Waals surface area contributed by atoms with Crippen molar-refractivity contribution in [3.05, 3.63) is 11.6 Å². The molecule has 0 spiro atoms. The summed E-state index contributed by atoms with van der Waals surface area (Å²) in [4.78, 5) is 34.3. The van der Waals surface area contributed by atoms with Gasteiger partial charge in [-0.15, -0.1) is 11.3 Å². The molecule has 2 aliphatic rings. The second-order valence-electron chi connectivity index (χ2n) is 5.50. The molecule has 0 saturated carbocycles. The SMILES string of the molecule is CC(=O)N1CCC[C@@H]1C(=O)N1CCN(c2nccs2)CC1. The summed E-state index contributed by atoms with van der Waals surface area (Å²) in [5.74, 6) is 0.119. The van der Waals surface area contributed by atoms with E-state index in [4.69, 9.17) is 0 Å². The van der Waals surface area contributed by atoms with Crippen LogP contribution in [0.15, 0.2) is 11.6 Å². The standard InChI is InChI=1S/C14H20N4O2S/c1-11(19)18-5-2-3-12(18)13(20)16-6-8-17(9-7-16)14-15-4-10-21-14/h4,10,12H,2-3,5-9H2,1H3/t12-/m1/s1. The quantitative estimate of drug-likeness (QED) is 0.811. The highest BCUT2D eigenvalue weighted by molar-refractivity contribution is 7.13. The van der Waals surface area contributed by atoms with Gasteiger partial charge in [0, 0.05) is 51.2 Å². The van der Waals surface area contributed by atoms with E-state index in [9.17, 15) is 9.59 Å². The first kappa shape index (κ1) is 14.3. The van der Waals surface area contributed by atoms with E-state index in [0.29, 0.717) is 19.6 Å². The van der Waals surface area contributed by atoms with Crippen LogP contribution >= 0.6 is 11.3 Å². The predicted molar refractivity (Wildman–Crippen MR) is 81.3 cm³/mol. The van der Waals surface area contributed by atoms with Gasteiger partial charge >= 0.3 is 0 Å². The summed E-state index contributed by atoms with van der Waals surface area (Å²) in [5, 5.41) is 2.99. The normalized spacial score (nSPS) is 22.7. The van der Waals surface area contributed by atoms with Crippen molar-refractivity contribution in [1.82, 2.24) is 14.8 Å². The summed E-state index contributed by atoms with van der Waals surface area (Å²) in [6.07, 6.45) is 3.53. The maximum Gasteiger partial charge on any atom is 0.245 e. The molecule has 0 bridgehead atoms. The van der Waals surface area contributed by atoms with Crippen LogP contribution in [0.2, 0.25) is 0 Å². The first-order valence-corrected chi connectivity index (χ1v) is 8.25. The van der Waals surface area contributed by atoms with E-state index < -0.39 is 0 Å². The summed E-state index contributed by atoms with van der Waals surface area (Å²) < 4.78 is 0. The van der Waals surface area contributed by atoms with Crippen molar-refractivity contribution in [2.24, 2.45) is 0 Å². The van der Waals surface area contributed by atoms with Gasteiger partial charge in [-0.1, -0.05) is 0 Å². The molecule has 1 atom stereocenters. The minimum absolute atomic E-state index is 0.00673. The number of carbonyl (C=O) groups excluding carboxylic acids is 2. The van der Waals surface area contributed by atoms with Crippen LogP contribution in [0.4, 0.5) is 5.13 Å². The fraction of sp³-hybridized carbons (Fsp3) is 0.643. The molecule has 3 heterocycles. The number of piperazine rings is 1. The second kappa shape index (κ2) is 6.01. The molecular formula is C14H20N4O2S. The van der Waals surface area contributed by atoms with Crippen LogP contribution in [0.1, 0.15) is 19.8 Å². The number of aromatic nitrogens is 1. The van der Waals surface area contributed by atoms with Gasteiger partial charge < -0.3 is 14.7 Å². The molecule has 2 aliphatic heterocycles. The smallest absolute Gasteiger partial charge is 0.245 e. The Morgan fingerprint density at radius 1 is 1.24 bits per heavy atom. The van der Waals surface area contributed by atoms with Gasteiger partial charge in [-0.2, -0.15) is 0 Å². The van der Waals surface area contributed by atoms with Crippen LogP contribution < -0.4 is 4.90 Å². The van der Waals surface area contributed by atoms with Crippen LogP contribution in [0.3, 0.4) is 0 Å². The number of carbonyl (C=O) groups is 2. The van der Waals surface area contributed by atoms with Crippen molar-refractivity contribution in [1.29, 1.82) is 0 Å². The third kappa shape index (κ3) is 2.88. The van der Waals surface area contributed by atoms with Crippen molar-refractivity contribution in [2.45, 2.75) is 25.8 Å². The highest BCUT2D eigenvalue weighted by atomic mass is 32.1. The molecule has 6 nitrogen and oxygen atoms in total. The van der Waals surface area contributed by atoms with Crippen LogP contribution in [0, 0.1) is 0 Å². The Bertz CT molecular complexity index is 511. The van der Waals surface area contributed by atoms with E-state index in [1.807, 2.05) is 10.3 Å². The zero-order valence-corrected chi connectivity index (χ0v) is 13.0. The zero-order valence-electron chi connectivity index (χ0n) is 12.2. The number of likely N-dealkylation sites (tertiary alicyclic amines) is 1. The molecule has 1 aromatic rings. The topological polar surface area (TPSA) is 56.8 Å². The molecule has 21 heavy (non-hydrogen) atoms. The Labute approximate surface area is 128 Å². The van der Waals surface area contributed by atoms with E-state index in [2.05, 4.69) is 9.88 Å². The molecule has 2 saturated heterocycles. The monoisotopic (exact) mass is 308 g/mol. The van der Waals surface area contributed by atoms with Gasteiger partial charge in [-0.3, -0.25) is 9.59 Å². The van der Waals surface area contributed by atoms with Crippen molar-refractivity contribution in [2.75, 3.05) is 37.6 Å². The first-order valence-electron chi connectivity index (χ1n) is 7.37. The molecule has 114 valence electrons. The van der Waals surface area contributed by atoms with Crippen molar-refractivity contribution < 1.29 is 9.59 Å². The van der Waals surface area contributed by atoms with Gasteiger partial charge in [0.2, 0.25) is 11.8 Å². The van der Waals surface area contributed by atoms with Crippen LogP contribution in [0.25, 0.3) is 0 Å². The van der Waals surface area contributed by atoms with Crippen LogP contribution in [-0.2, 0) is 9.59 Å². The van der Waals surface area contributed by atoms with Gasteiger partial charge in [0.25, 0.3) is 0 Å². The maximum absolute atomic E-state index is 12.6. The van der Waals surface area contributed by atoms with Crippen molar-refractivity contribution in [3.63, 3.8) is 0 Å². The third-order valence-corrected chi connectivity index (χ3v) is 5.06. The third-order valence-electron chi connectivity index (χ3n) is 4.22. The number of hydrogen-bond acceptors (Lipinski definition) is 5. The van der Waals surface area contributed by atoms with Gasteiger partial charge in [0.15, 0.2) is 5.13 Å². The summed E-state index contributed by atoms with van der Waals surface area (Å²) >= 11 is 1.63. The Morgan fingerprint density at radius 3 is 2.62 bits per heavy atom. The Balaban J connectivity index is 1.59. The zero-order chi connectivity index (χ0) is 14.8. The second-order valence-corrected chi connectivity index (χ2v) is 6.37. The lowest BCUT2D eigenvalue weighted by Gasteiger charge is -2.37. The van der Waals surface area contributed by atoms with Gasteiger partial charge in [0.1, 0.15) is 6.04 Å². The minimum atomic E-state index is -0.242. The molecule has 0 aromatic carbocycles. The van der Waals surface area contributed by atoms with Gasteiger partial charge in [0.05, 0.1) is 0 Å². The largest absolute Gasteiger partial charge is 0.345 e. The highest BCUT2D eigenvalue weighted by Gasteiger charge is 2.36. The fourth-order valence-corrected chi connectivity index (χ4v) is 3.80. The average Bonchev–Trinajstić information content (AvgIpc) is 3.18. The highest BCUT2D eigenvalue weighted by Crippen LogP contribution is 2.22. The molecule has 0 unspecified atom stereocenters. The average molecular weight is 308 g/mol. The van der Waals surface area contributed by atoms with Gasteiger partial charge in [-0.05, 0) is 12.8 Å². The fourth-order valence-electron chi connectivity index (χ4n) is 3.10. The molecule has 1 aromatic heterocycles. The molecule has 3 rings (SSSR count).